The van der Waals surface area contributed by atoms with Crippen molar-refractivity contribution in [2.75, 3.05) is 4.90 Å². The van der Waals surface area contributed by atoms with Gasteiger partial charge in [-0.2, -0.15) is 4.90 Å². The predicted octanol–water partition coefficient (Wildman–Crippen LogP) is 6.71. The molecule has 4 amide bonds. The first-order valence-electron chi connectivity index (χ1n) is 16.2. The number of urea groups is 2. The number of amides is 4. The van der Waals surface area contributed by atoms with E-state index in [2.05, 4.69) is 46.0 Å². The highest BCUT2D eigenvalue weighted by molar-refractivity contribution is 6.10. The van der Waals surface area contributed by atoms with Crippen molar-refractivity contribution >= 4 is 17.7 Å². The van der Waals surface area contributed by atoms with Gasteiger partial charge in [-0.05, 0) is 104 Å². The number of aliphatic hydroxyl groups is 1. The molecule has 4 aliphatic rings. The highest BCUT2D eigenvalue weighted by atomic mass is 16.3. The molecular weight excluding hydrogens is 510 g/mol. The molecule has 0 aromatic heterocycles. The Morgan fingerprint density at radius 3 is 2.56 bits per heavy atom. The topological polar surface area (TPSA) is 86.3 Å². The molecule has 6 heteroatoms. The van der Waals surface area contributed by atoms with E-state index in [9.17, 15) is 14.7 Å². The zero-order valence-corrected chi connectivity index (χ0v) is 25.9. The average molecular weight is 563 g/mol. The van der Waals surface area contributed by atoms with Gasteiger partial charge in [0.1, 0.15) is 6.04 Å². The van der Waals surface area contributed by atoms with Crippen LogP contribution in [0.1, 0.15) is 98.8 Å². The maximum atomic E-state index is 13.9. The number of primary amides is 1. The number of aliphatic hydroxyl groups excluding tert-OH is 1. The summed E-state index contributed by atoms with van der Waals surface area (Å²) in [5.74, 6) is 2.50. The van der Waals surface area contributed by atoms with Crippen molar-refractivity contribution < 1.29 is 20.0 Å². The summed E-state index contributed by atoms with van der Waals surface area (Å²) in [4.78, 5) is 29.0. The van der Waals surface area contributed by atoms with E-state index >= 15 is 0 Å². The fraction of sp³-hybridized carbons (Fsp3) is 0.657. The second-order valence-electron chi connectivity index (χ2n) is 14.2. The van der Waals surface area contributed by atoms with E-state index in [4.69, 9.17) is 0 Å². The van der Waals surface area contributed by atoms with E-state index < -0.39 is 0 Å². The van der Waals surface area contributed by atoms with E-state index in [0.717, 1.165) is 43.6 Å². The average Bonchev–Trinajstić information content (AvgIpc) is 3.30. The Morgan fingerprint density at radius 2 is 1.83 bits per heavy atom. The van der Waals surface area contributed by atoms with Gasteiger partial charge in [0, 0.05) is 6.42 Å². The first kappa shape index (κ1) is 30.0. The van der Waals surface area contributed by atoms with E-state index in [0.29, 0.717) is 29.9 Å². The van der Waals surface area contributed by atoms with Crippen LogP contribution in [0.15, 0.2) is 53.1 Å². The minimum absolute atomic E-state index is 0.0852. The Labute approximate surface area is 247 Å². The number of hydrogen-bond acceptors (Lipinski definition) is 3. The van der Waals surface area contributed by atoms with Crippen molar-refractivity contribution in [1.82, 2.24) is 5.32 Å². The molecule has 0 radical (unpaired) electrons. The van der Waals surface area contributed by atoms with Gasteiger partial charge < -0.3 is 10.4 Å². The summed E-state index contributed by atoms with van der Waals surface area (Å²) in [6.07, 6.45) is 12.4. The van der Waals surface area contributed by atoms with E-state index in [-0.39, 0.29) is 35.7 Å². The largest absolute Gasteiger partial charge is 0.429 e. The first-order chi connectivity index (χ1) is 19.6. The molecule has 41 heavy (non-hydrogen) atoms. The summed E-state index contributed by atoms with van der Waals surface area (Å²) >= 11 is 0. The second kappa shape index (κ2) is 12.4. The highest BCUT2D eigenvalue weighted by Crippen LogP contribution is 2.60. The SMILES string of the molecule is CC1=C(C2/C=C3\C(CC[C@@]4(C)C3CCC4[C@H](C)CCCC(C)C)NC(=O)N(c3ccccc3)C(=O)[NH2+]2)CC(O)CC1. The number of nitrogens with one attached hydrogen (secondary N) is 1. The van der Waals surface area contributed by atoms with Crippen LogP contribution in [0.2, 0.25) is 0 Å². The molecule has 5 rings (SSSR count). The van der Waals surface area contributed by atoms with E-state index in [1.165, 1.54) is 41.7 Å². The minimum atomic E-state index is -0.386. The Kier molecular flexibility index (Phi) is 9.10. The third-order valence-electron chi connectivity index (χ3n) is 11.0. The van der Waals surface area contributed by atoms with Crippen LogP contribution in [0, 0.1) is 29.1 Å². The number of anilines is 1. The normalized spacial score (nSPS) is 34.7. The number of nitrogens with two attached hydrogens (primary N) is 1. The molecule has 7 atom stereocenters. The van der Waals surface area contributed by atoms with Gasteiger partial charge in [0.05, 0.1) is 17.8 Å². The molecule has 1 aromatic carbocycles. The van der Waals surface area contributed by atoms with Crippen molar-refractivity contribution in [2.45, 2.75) is 117 Å². The first-order valence-corrected chi connectivity index (χ1v) is 16.2. The molecule has 0 saturated heterocycles. The standard InChI is InChI=1S/C35H51N3O3/c1-22(2)10-9-11-24(4)29-16-17-30-28-21-32(27-20-26(39)15-14-23(27)3)37-34(41)38(25-12-7-6-8-13-25)33(40)36-31(28)18-19-35(29,30)5/h6-8,12-13,21-22,24,26,29-32,39H,9-11,14-20H2,1-5H3,(H,36,40)(H,37,41)/p+1/b28-21-/t24-,26?,29?,30?,31?,32?,35-/m1/s1. The molecule has 0 bridgehead atoms. The number of carbonyl (C=O) groups excluding carboxylic acids is 2. The van der Waals surface area contributed by atoms with Crippen molar-refractivity contribution in [3.63, 3.8) is 0 Å². The predicted molar refractivity (Wildman–Crippen MR) is 164 cm³/mol. The second-order valence-corrected chi connectivity index (χ2v) is 14.2. The summed E-state index contributed by atoms with van der Waals surface area (Å²) in [5, 5.41) is 15.7. The maximum absolute atomic E-state index is 13.9. The van der Waals surface area contributed by atoms with Gasteiger partial charge in [0.2, 0.25) is 0 Å². The van der Waals surface area contributed by atoms with Gasteiger partial charge in [-0.25, -0.2) is 9.59 Å². The van der Waals surface area contributed by atoms with Crippen molar-refractivity contribution in [1.29, 1.82) is 0 Å². The fourth-order valence-electron chi connectivity index (χ4n) is 8.72. The molecule has 0 spiro atoms. The lowest BCUT2D eigenvalue weighted by atomic mass is 9.59. The molecule has 1 aliphatic heterocycles. The third-order valence-corrected chi connectivity index (χ3v) is 11.0. The molecule has 1 heterocycles. The molecule has 1 aromatic rings. The van der Waals surface area contributed by atoms with Gasteiger partial charge in [0.15, 0.2) is 0 Å². The molecule has 2 fully saturated rings. The number of quaternary nitrogens is 1. The quantitative estimate of drug-likeness (QED) is 0.323. The summed E-state index contributed by atoms with van der Waals surface area (Å²) < 4.78 is 0. The van der Waals surface area contributed by atoms with Crippen LogP contribution in [-0.4, -0.2) is 35.4 Å². The summed E-state index contributed by atoms with van der Waals surface area (Å²) in [7, 11) is 0. The molecular formula is C35H52N3O3+. The Balaban J connectivity index is 1.51. The van der Waals surface area contributed by atoms with Gasteiger partial charge in [0.25, 0.3) is 0 Å². The van der Waals surface area contributed by atoms with Gasteiger partial charge in [-0.15, -0.1) is 0 Å². The van der Waals surface area contributed by atoms with Crippen LogP contribution in [0.25, 0.3) is 0 Å². The zero-order chi connectivity index (χ0) is 29.3. The number of fused-ring (bicyclic) bond motifs is 3. The molecule has 224 valence electrons. The summed E-state index contributed by atoms with van der Waals surface area (Å²) in [5.41, 5.74) is 4.51. The lowest BCUT2D eigenvalue weighted by Gasteiger charge is -2.47. The smallest absolute Gasteiger partial charge is 0.393 e. The van der Waals surface area contributed by atoms with Crippen molar-refractivity contribution in [3.8, 4) is 0 Å². The van der Waals surface area contributed by atoms with E-state index in [1.54, 1.807) is 5.32 Å². The van der Waals surface area contributed by atoms with Crippen molar-refractivity contribution in [2.24, 2.45) is 29.1 Å². The lowest BCUT2D eigenvalue weighted by molar-refractivity contribution is -0.572. The Hall–Kier alpha value is -2.44. The molecule has 6 nitrogen and oxygen atoms in total. The monoisotopic (exact) mass is 562 g/mol. The Morgan fingerprint density at radius 1 is 1.07 bits per heavy atom. The van der Waals surface area contributed by atoms with Crippen molar-refractivity contribution in [3.05, 3.63) is 53.1 Å². The zero-order valence-electron chi connectivity index (χ0n) is 25.9. The van der Waals surface area contributed by atoms with Gasteiger partial charge in [-0.3, -0.25) is 5.32 Å². The van der Waals surface area contributed by atoms with Crippen LogP contribution in [-0.2, 0) is 0 Å². The number of nitrogens with zero attached hydrogens (tertiary/aromatic N) is 1. The summed E-state index contributed by atoms with van der Waals surface area (Å²) in [6, 6.07) is 8.31. The number of benzene rings is 1. The fourth-order valence-corrected chi connectivity index (χ4v) is 8.72. The third kappa shape index (κ3) is 6.19. The van der Waals surface area contributed by atoms with Crippen LogP contribution in [0.4, 0.5) is 15.3 Å². The van der Waals surface area contributed by atoms with Gasteiger partial charge >= 0.3 is 12.1 Å². The maximum Gasteiger partial charge on any atom is 0.429 e. The van der Waals surface area contributed by atoms with Crippen LogP contribution in [0.5, 0.6) is 0 Å². The highest BCUT2D eigenvalue weighted by Gasteiger charge is 2.54. The number of carbonyl (C=O) groups is 2. The molecule has 2 saturated carbocycles. The number of para-hydroxylation sites is 1. The molecule has 3 aliphatic carbocycles. The number of imide groups is 1. The number of allylic oxidation sites excluding steroid dienone is 1. The van der Waals surface area contributed by atoms with Gasteiger partial charge in [-0.1, -0.05) is 70.7 Å². The lowest BCUT2D eigenvalue weighted by Crippen LogP contribution is -2.96. The van der Waals surface area contributed by atoms with Crippen LogP contribution >= 0.6 is 0 Å². The molecule has 5 unspecified atom stereocenters. The number of hydrogen-bond donors (Lipinski definition) is 3. The van der Waals surface area contributed by atoms with E-state index in [1.807, 2.05) is 30.3 Å². The molecule has 4 N–H and O–H groups in total. The summed E-state index contributed by atoms with van der Waals surface area (Å²) in [6.45, 7) is 11.8. The number of rotatable bonds is 7. The minimum Gasteiger partial charge on any atom is -0.393 e. The van der Waals surface area contributed by atoms with Crippen LogP contribution in [0.3, 0.4) is 0 Å². The Bertz CT molecular complexity index is 1170. The van der Waals surface area contributed by atoms with Crippen LogP contribution < -0.4 is 15.5 Å².